The van der Waals surface area contributed by atoms with Gasteiger partial charge in [0.05, 0.1) is 23.9 Å². The predicted molar refractivity (Wildman–Crippen MR) is 142 cm³/mol. The van der Waals surface area contributed by atoms with Gasteiger partial charge in [-0.1, -0.05) is 65.7 Å². The Bertz CT molecular complexity index is 1540. The molecule has 36 heavy (non-hydrogen) atoms. The molecule has 0 saturated heterocycles. The summed E-state index contributed by atoms with van der Waals surface area (Å²) in [6.07, 6.45) is 5.50. The SMILES string of the molecule is Cc1nc(Cl)c(/C=C/C(=O)NS(=O)(=O)/C=C/c2ccccc2)n1Cc1ccc(-c2ccco2)cc1Cl. The lowest BCUT2D eigenvalue weighted by Gasteiger charge is -2.11. The standard InChI is InChI=1S/C26H21Cl2N3O4S/c1-18-29-26(28)23(11-12-25(32)30-36(33,34)15-13-19-6-3-2-4-7-19)31(18)17-21-10-9-20(16-22(21)27)24-8-5-14-35-24/h2-16H,17H2,1H3,(H,30,32)/b12-11+,15-13+. The number of amides is 1. The van der Waals surface area contributed by atoms with Crippen LogP contribution in [0.25, 0.3) is 23.5 Å². The van der Waals surface area contributed by atoms with E-state index in [1.54, 1.807) is 54.2 Å². The van der Waals surface area contributed by atoms with E-state index >= 15 is 0 Å². The van der Waals surface area contributed by atoms with Crippen LogP contribution in [0.1, 0.15) is 22.6 Å². The van der Waals surface area contributed by atoms with E-state index in [2.05, 4.69) is 4.98 Å². The van der Waals surface area contributed by atoms with Crippen molar-refractivity contribution >= 4 is 51.3 Å². The summed E-state index contributed by atoms with van der Waals surface area (Å²) < 4.78 is 33.6. The molecule has 10 heteroatoms. The van der Waals surface area contributed by atoms with Crippen molar-refractivity contribution in [2.45, 2.75) is 13.5 Å². The molecule has 0 atom stereocenters. The topological polar surface area (TPSA) is 94.2 Å². The summed E-state index contributed by atoms with van der Waals surface area (Å²) in [4.78, 5) is 16.6. The number of hydrogen-bond donors (Lipinski definition) is 1. The Morgan fingerprint density at radius 3 is 2.56 bits per heavy atom. The number of sulfonamides is 1. The van der Waals surface area contributed by atoms with Gasteiger partial charge in [-0.15, -0.1) is 0 Å². The molecule has 0 unspecified atom stereocenters. The summed E-state index contributed by atoms with van der Waals surface area (Å²) in [5, 5.41) is 1.63. The summed E-state index contributed by atoms with van der Waals surface area (Å²) in [6, 6.07) is 18.1. The molecular weight excluding hydrogens is 521 g/mol. The zero-order chi connectivity index (χ0) is 25.7. The van der Waals surface area contributed by atoms with E-state index in [9.17, 15) is 13.2 Å². The number of carbonyl (C=O) groups excluding carboxylic acids is 1. The average molecular weight is 542 g/mol. The van der Waals surface area contributed by atoms with Gasteiger partial charge in [0.1, 0.15) is 11.6 Å². The molecule has 4 rings (SSSR count). The van der Waals surface area contributed by atoms with Crippen LogP contribution < -0.4 is 4.72 Å². The largest absolute Gasteiger partial charge is 0.464 e. The minimum atomic E-state index is -3.99. The second kappa shape index (κ2) is 11.0. The van der Waals surface area contributed by atoms with Crippen LogP contribution in [-0.2, 0) is 21.4 Å². The van der Waals surface area contributed by atoms with Crippen LogP contribution in [0, 0.1) is 6.92 Å². The van der Waals surface area contributed by atoms with Gasteiger partial charge in [0, 0.05) is 16.7 Å². The van der Waals surface area contributed by atoms with E-state index in [0.29, 0.717) is 34.4 Å². The molecular formula is C26H21Cl2N3O4S. The second-order valence-corrected chi connectivity index (χ2v) is 10.1. The van der Waals surface area contributed by atoms with E-state index in [1.807, 2.05) is 29.0 Å². The first-order valence-corrected chi connectivity index (χ1v) is 13.0. The number of aryl methyl sites for hydroxylation is 1. The van der Waals surface area contributed by atoms with Gasteiger partial charge in [0.15, 0.2) is 5.15 Å². The lowest BCUT2D eigenvalue weighted by molar-refractivity contribution is -0.114. The molecule has 2 heterocycles. The van der Waals surface area contributed by atoms with Crippen molar-refractivity contribution in [1.29, 1.82) is 0 Å². The summed E-state index contributed by atoms with van der Waals surface area (Å²) in [5.74, 6) is 0.480. The highest BCUT2D eigenvalue weighted by molar-refractivity contribution is 7.93. The summed E-state index contributed by atoms with van der Waals surface area (Å²) >= 11 is 12.8. The molecule has 0 radical (unpaired) electrons. The molecule has 2 aromatic carbocycles. The van der Waals surface area contributed by atoms with Gasteiger partial charge in [0.2, 0.25) is 0 Å². The fraction of sp³-hybridized carbons (Fsp3) is 0.0769. The molecule has 4 aromatic rings. The molecule has 0 bridgehead atoms. The average Bonchev–Trinajstić information content (AvgIpc) is 3.47. The number of rotatable bonds is 8. The molecule has 0 aliphatic rings. The quantitative estimate of drug-likeness (QED) is 0.278. The summed E-state index contributed by atoms with van der Waals surface area (Å²) in [6.45, 7) is 2.11. The minimum absolute atomic E-state index is 0.173. The molecule has 0 spiro atoms. The van der Waals surface area contributed by atoms with Crippen molar-refractivity contribution < 1.29 is 17.6 Å². The highest BCUT2D eigenvalue weighted by atomic mass is 35.5. The molecule has 7 nitrogen and oxygen atoms in total. The molecule has 1 N–H and O–H groups in total. The Labute approximate surface area is 218 Å². The molecule has 184 valence electrons. The van der Waals surface area contributed by atoms with Crippen molar-refractivity contribution in [2.24, 2.45) is 0 Å². The first-order valence-electron chi connectivity index (χ1n) is 10.7. The maximum Gasteiger partial charge on any atom is 0.257 e. The Kier molecular flexibility index (Phi) is 7.79. The smallest absolute Gasteiger partial charge is 0.257 e. The molecule has 2 aromatic heterocycles. The van der Waals surface area contributed by atoms with Gasteiger partial charge >= 0.3 is 0 Å². The lowest BCUT2D eigenvalue weighted by atomic mass is 10.1. The maximum atomic E-state index is 12.3. The summed E-state index contributed by atoms with van der Waals surface area (Å²) in [7, 11) is -3.99. The van der Waals surface area contributed by atoms with Crippen molar-refractivity contribution in [1.82, 2.24) is 14.3 Å². The number of aromatic nitrogens is 2. The van der Waals surface area contributed by atoms with Crippen LogP contribution in [0.3, 0.4) is 0 Å². The third-order valence-corrected chi connectivity index (χ3v) is 6.82. The van der Waals surface area contributed by atoms with E-state index in [-0.39, 0.29) is 5.15 Å². The van der Waals surface area contributed by atoms with Crippen LogP contribution in [0.2, 0.25) is 10.2 Å². The number of nitrogens with zero attached hydrogens (tertiary/aromatic N) is 2. The normalized spacial score (nSPS) is 12.0. The molecule has 0 aliphatic carbocycles. The molecule has 1 amide bonds. The van der Waals surface area contributed by atoms with Crippen molar-refractivity contribution in [2.75, 3.05) is 0 Å². The number of nitrogens with one attached hydrogen (secondary N) is 1. The van der Waals surface area contributed by atoms with E-state index < -0.39 is 15.9 Å². The highest BCUT2D eigenvalue weighted by Gasteiger charge is 2.15. The highest BCUT2D eigenvalue weighted by Crippen LogP contribution is 2.28. The Hall–Kier alpha value is -3.59. The number of imidazole rings is 1. The van der Waals surface area contributed by atoms with Gasteiger partial charge in [-0.3, -0.25) is 4.79 Å². The molecule has 0 aliphatic heterocycles. The van der Waals surface area contributed by atoms with Crippen LogP contribution in [0.5, 0.6) is 0 Å². The zero-order valence-electron chi connectivity index (χ0n) is 19.1. The third kappa shape index (κ3) is 6.34. The van der Waals surface area contributed by atoms with Gasteiger partial charge in [-0.05, 0) is 48.4 Å². The van der Waals surface area contributed by atoms with Crippen LogP contribution >= 0.6 is 23.2 Å². The maximum absolute atomic E-state index is 12.3. The van der Waals surface area contributed by atoms with Crippen molar-refractivity contribution in [3.05, 3.63) is 111 Å². The van der Waals surface area contributed by atoms with Gasteiger partial charge in [-0.25, -0.2) is 18.1 Å². The van der Waals surface area contributed by atoms with E-state index in [1.165, 1.54) is 12.2 Å². The third-order valence-electron chi connectivity index (χ3n) is 5.21. The number of hydrogen-bond acceptors (Lipinski definition) is 5. The first-order chi connectivity index (χ1) is 17.2. The summed E-state index contributed by atoms with van der Waals surface area (Å²) in [5.41, 5.74) is 2.77. The zero-order valence-corrected chi connectivity index (χ0v) is 21.4. The number of carbonyl (C=O) groups is 1. The first kappa shape index (κ1) is 25.5. The predicted octanol–water partition coefficient (Wildman–Crippen LogP) is 5.94. The van der Waals surface area contributed by atoms with E-state index in [0.717, 1.165) is 22.6 Å². The van der Waals surface area contributed by atoms with Crippen molar-refractivity contribution in [3.8, 4) is 11.3 Å². The number of furan rings is 1. The van der Waals surface area contributed by atoms with Crippen molar-refractivity contribution in [3.63, 3.8) is 0 Å². The number of benzene rings is 2. The molecule has 0 fully saturated rings. The van der Waals surface area contributed by atoms with Gasteiger partial charge < -0.3 is 8.98 Å². The fourth-order valence-electron chi connectivity index (χ4n) is 3.44. The second-order valence-electron chi connectivity index (χ2n) is 7.76. The van der Waals surface area contributed by atoms with Crippen LogP contribution in [-0.4, -0.2) is 23.9 Å². The number of halogens is 2. The van der Waals surface area contributed by atoms with Gasteiger partial charge in [0.25, 0.3) is 15.9 Å². The lowest BCUT2D eigenvalue weighted by Crippen LogP contribution is -2.26. The monoisotopic (exact) mass is 541 g/mol. The van der Waals surface area contributed by atoms with Gasteiger partial charge in [-0.2, -0.15) is 0 Å². The minimum Gasteiger partial charge on any atom is -0.464 e. The molecule has 0 saturated carbocycles. The van der Waals surface area contributed by atoms with Crippen LogP contribution in [0.4, 0.5) is 0 Å². The van der Waals surface area contributed by atoms with Crippen LogP contribution in [0.15, 0.2) is 82.8 Å². The Morgan fingerprint density at radius 2 is 1.86 bits per heavy atom. The van der Waals surface area contributed by atoms with E-state index in [4.69, 9.17) is 27.6 Å². The Morgan fingerprint density at radius 1 is 1.08 bits per heavy atom. The Balaban J connectivity index is 1.49. The fourth-order valence-corrected chi connectivity index (χ4v) is 4.72.